The first-order valence-electron chi connectivity index (χ1n) is 5.46. The van der Waals surface area contributed by atoms with E-state index in [4.69, 9.17) is 5.11 Å². The summed E-state index contributed by atoms with van der Waals surface area (Å²) in [4.78, 5) is 16.1. The quantitative estimate of drug-likeness (QED) is 0.903. The molecule has 1 aliphatic rings. The van der Waals surface area contributed by atoms with Crippen molar-refractivity contribution in [2.45, 2.75) is 36.5 Å². The Kier molecular flexibility index (Phi) is 4.05. The van der Waals surface area contributed by atoms with Crippen LogP contribution in [-0.2, 0) is 0 Å². The average Bonchev–Trinajstić information content (AvgIpc) is 2.64. The van der Waals surface area contributed by atoms with Crippen molar-refractivity contribution in [1.82, 2.24) is 4.98 Å². The van der Waals surface area contributed by atoms with Gasteiger partial charge in [0.2, 0.25) is 0 Å². The summed E-state index contributed by atoms with van der Waals surface area (Å²) in [5, 5.41) is 11.6. The van der Waals surface area contributed by atoms with Gasteiger partial charge < -0.3 is 5.11 Å². The maximum absolute atomic E-state index is 11.0. The van der Waals surface area contributed by atoms with Crippen molar-refractivity contribution in [2.24, 2.45) is 0 Å². The molecule has 1 saturated heterocycles. The van der Waals surface area contributed by atoms with Crippen LogP contribution in [0.25, 0.3) is 0 Å². The summed E-state index contributed by atoms with van der Waals surface area (Å²) in [5.41, 5.74) is 0.224. The lowest BCUT2D eigenvalue weighted by Gasteiger charge is -2.30. The van der Waals surface area contributed by atoms with Crippen molar-refractivity contribution in [1.29, 1.82) is 0 Å². The Morgan fingerprint density at radius 1 is 1.41 bits per heavy atom. The van der Waals surface area contributed by atoms with E-state index < -0.39 is 5.97 Å². The lowest BCUT2D eigenvalue weighted by molar-refractivity contribution is 0.0690. The third kappa shape index (κ3) is 2.80. The summed E-state index contributed by atoms with van der Waals surface area (Å²) in [6.07, 6.45) is 0. The third-order valence-electron chi connectivity index (χ3n) is 2.84. The molecule has 1 fully saturated rings. The molecule has 0 radical (unpaired) electrons. The van der Waals surface area contributed by atoms with Gasteiger partial charge in [0.05, 0.1) is 5.25 Å². The molecule has 6 heteroatoms. The molecule has 3 unspecified atom stereocenters. The Labute approximate surface area is 113 Å². The van der Waals surface area contributed by atoms with Crippen LogP contribution in [0.2, 0.25) is 0 Å². The number of nitrogens with zero attached hydrogens (tertiary/aromatic N) is 1. The highest BCUT2D eigenvalue weighted by Gasteiger charge is 2.29. The molecule has 1 aromatic rings. The first-order chi connectivity index (χ1) is 7.99. The zero-order valence-electron chi connectivity index (χ0n) is 9.97. The predicted molar refractivity (Wildman–Crippen MR) is 75.5 cm³/mol. The average molecular weight is 289 g/mol. The fourth-order valence-corrected chi connectivity index (χ4v) is 5.77. The largest absolute Gasteiger partial charge is 0.476 e. The molecule has 1 aromatic heterocycles. The van der Waals surface area contributed by atoms with Crippen LogP contribution in [0, 0.1) is 6.92 Å². The van der Waals surface area contributed by atoms with Gasteiger partial charge in [0.15, 0.2) is 5.69 Å². The van der Waals surface area contributed by atoms with Crippen molar-refractivity contribution in [3.63, 3.8) is 0 Å². The van der Waals surface area contributed by atoms with Crippen molar-refractivity contribution in [3.8, 4) is 0 Å². The fourth-order valence-electron chi connectivity index (χ4n) is 1.67. The lowest BCUT2D eigenvalue weighted by atomic mass is 10.3. The lowest BCUT2D eigenvalue weighted by Crippen LogP contribution is -2.21. The van der Waals surface area contributed by atoms with Crippen LogP contribution in [0.5, 0.6) is 0 Å². The van der Waals surface area contributed by atoms with Crippen LogP contribution in [-0.4, -0.2) is 32.3 Å². The maximum atomic E-state index is 11.0. The van der Waals surface area contributed by atoms with Gasteiger partial charge in [-0.15, -0.1) is 23.1 Å². The molecule has 1 N–H and O–H groups in total. The van der Waals surface area contributed by atoms with E-state index in [1.807, 2.05) is 30.4 Å². The summed E-state index contributed by atoms with van der Waals surface area (Å²) in [6, 6.07) is 0. The molecule has 94 valence electrons. The normalized spacial score (nSPS) is 29.2. The van der Waals surface area contributed by atoms with Crippen LogP contribution in [0.3, 0.4) is 0 Å². The van der Waals surface area contributed by atoms with Crippen molar-refractivity contribution >= 4 is 40.8 Å². The van der Waals surface area contributed by atoms with Gasteiger partial charge in [-0.2, -0.15) is 11.8 Å². The van der Waals surface area contributed by atoms with Crippen molar-refractivity contribution in [2.75, 3.05) is 5.75 Å². The Morgan fingerprint density at radius 2 is 2.12 bits per heavy atom. The van der Waals surface area contributed by atoms with Gasteiger partial charge in [0, 0.05) is 21.1 Å². The standard InChI is InChI=1S/C11H15NO2S3/c1-5-6(2)16-8(4-15-5)10-12-9(11(13)14)7(3)17-10/h5-6,8H,4H2,1-3H3,(H,13,14). The topological polar surface area (TPSA) is 50.2 Å². The number of carboxylic acids is 1. The monoisotopic (exact) mass is 289 g/mol. The number of rotatable bonds is 2. The number of aromatic carboxylic acids is 1. The second-order valence-electron chi connectivity index (χ2n) is 4.13. The van der Waals surface area contributed by atoms with Crippen LogP contribution < -0.4 is 0 Å². The summed E-state index contributed by atoms with van der Waals surface area (Å²) in [7, 11) is 0. The molecule has 3 atom stereocenters. The summed E-state index contributed by atoms with van der Waals surface area (Å²) in [5.74, 6) is 0.113. The second kappa shape index (κ2) is 5.20. The van der Waals surface area contributed by atoms with E-state index in [0.29, 0.717) is 15.7 Å². The highest BCUT2D eigenvalue weighted by molar-refractivity contribution is 8.07. The van der Waals surface area contributed by atoms with Gasteiger partial charge in [-0.05, 0) is 6.92 Å². The predicted octanol–water partition coefficient (Wildman–Crippen LogP) is 3.45. The maximum Gasteiger partial charge on any atom is 0.355 e. The third-order valence-corrected chi connectivity index (χ3v) is 7.47. The van der Waals surface area contributed by atoms with Gasteiger partial charge in [-0.3, -0.25) is 0 Å². The van der Waals surface area contributed by atoms with Crippen LogP contribution in [0.15, 0.2) is 0 Å². The molecule has 0 bridgehead atoms. The first-order valence-corrected chi connectivity index (χ1v) is 8.27. The number of thioether (sulfide) groups is 2. The van der Waals surface area contributed by atoms with E-state index >= 15 is 0 Å². The molecule has 3 nitrogen and oxygen atoms in total. The zero-order chi connectivity index (χ0) is 12.6. The smallest absolute Gasteiger partial charge is 0.355 e. The van der Waals surface area contributed by atoms with Gasteiger partial charge >= 0.3 is 5.97 Å². The number of aromatic nitrogens is 1. The molecule has 2 rings (SSSR count). The summed E-state index contributed by atoms with van der Waals surface area (Å²) >= 11 is 5.39. The zero-order valence-corrected chi connectivity index (χ0v) is 12.4. The number of hydrogen-bond acceptors (Lipinski definition) is 5. The number of aryl methyl sites for hydroxylation is 1. The van der Waals surface area contributed by atoms with E-state index in [-0.39, 0.29) is 5.69 Å². The SMILES string of the molecule is Cc1sc(C2CSC(C)C(C)S2)nc1C(=O)O. The number of hydrogen-bond donors (Lipinski definition) is 1. The van der Waals surface area contributed by atoms with Crippen molar-refractivity contribution in [3.05, 3.63) is 15.6 Å². The van der Waals surface area contributed by atoms with E-state index in [9.17, 15) is 4.79 Å². The van der Waals surface area contributed by atoms with Crippen LogP contribution in [0.4, 0.5) is 0 Å². The van der Waals surface area contributed by atoms with Gasteiger partial charge in [-0.1, -0.05) is 13.8 Å². The van der Waals surface area contributed by atoms with Gasteiger partial charge in [-0.25, -0.2) is 9.78 Å². The molecule has 0 saturated carbocycles. The minimum atomic E-state index is -0.917. The highest BCUT2D eigenvalue weighted by Crippen LogP contribution is 2.45. The minimum Gasteiger partial charge on any atom is -0.476 e. The molecule has 2 heterocycles. The highest BCUT2D eigenvalue weighted by atomic mass is 32.2. The van der Waals surface area contributed by atoms with Gasteiger partial charge in [0.25, 0.3) is 0 Å². The molecule has 0 amide bonds. The molecule has 17 heavy (non-hydrogen) atoms. The van der Waals surface area contributed by atoms with Gasteiger partial charge in [0.1, 0.15) is 5.01 Å². The second-order valence-corrected chi connectivity index (χ2v) is 8.36. The first kappa shape index (κ1) is 13.2. The number of carboxylic acid groups (broad SMARTS) is 1. The molecule has 0 aromatic carbocycles. The Bertz CT molecular complexity index is 432. The molecular formula is C11H15NO2S3. The van der Waals surface area contributed by atoms with Crippen LogP contribution in [0.1, 0.15) is 39.5 Å². The van der Waals surface area contributed by atoms with E-state index in [1.165, 1.54) is 11.3 Å². The van der Waals surface area contributed by atoms with E-state index in [0.717, 1.165) is 15.6 Å². The molecular weight excluding hydrogens is 274 g/mol. The Hall–Kier alpha value is -0.200. The van der Waals surface area contributed by atoms with E-state index in [1.54, 1.807) is 0 Å². The molecule has 1 aliphatic heterocycles. The van der Waals surface area contributed by atoms with Crippen LogP contribution >= 0.6 is 34.9 Å². The number of thiazole rings is 1. The van der Waals surface area contributed by atoms with Crippen molar-refractivity contribution < 1.29 is 9.90 Å². The molecule has 0 aliphatic carbocycles. The fraction of sp³-hybridized carbons (Fsp3) is 0.636. The minimum absolute atomic E-state index is 0.224. The Balaban J connectivity index is 2.18. The summed E-state index contributed by atoms with van der Waals surface area (Å²) < 4.78 is 0. The van der Waals surface area contributed by atoms with E-state index in [2.05, 4.69) is 18.8 Å². The Morgan fingerprint density at radius 3 is 2.65 bits per heavy atom. The molecule has 0 spiro atoms. The number of carbonyl (C=O) groups is 1. The summed E-state index contributed by atoms with van der Waals surface area (Å²) in [6.45, 7) is 6.30.